The van der Waals surface area contributed by atoms with Gasteiger partial charge in [0.15, 0.2) is 5.11 Å². The van der Waals surface area contributed by atoms with E-state index in [0.717, 1.165) is 36.7 Å². The summed E-state index contributed by atoms with van der Waals surface area (Å²) in [5, 5.41) is 4.03. The molecule has 1 aromatic rings. The molecule has 2 saturated heterocycles. The van der Waals surface area contributed by atoms with Gasteiger partial charge in [0.25, 0.3) is 5.91 Å². The summed E-state index contributed by atoms with van der Waals surface area (Å²) in [4.78, 5) is 16.4. The molecule has 5 nitrogen and oxygen atoms in total. The van der Waals surface area contributed by atoms with Crippen LogP contribution >= 0.6 is 12.2 Å². The highest BCUT2D eigenvalue weighted by molar-refractivity contribution is 7.80. The van der Waals surface area contributed by atoms with Crippen LogP contribution in [-0.4, -0.2) is 59.7 Å². The second-order valence-electron chi connectivity index (χ2n) is 6.06. The van der Waals surface area contributed by atoms with Gasteiger partial charge in [-0.05, 0) is 43.6 Å². The number of nitrogens with zero attached hydrogens (tertiary/aromatic N) is 2. The third-order valence-electron chi connectivity index (χ3n) is 4.47. The highest BCUT2D eigenvalue weighted by Gasteiger charge is 2.30. The highest BCUT2D eigenvalue weighted by atomic mass is 32.1. The first-order valence-corrected chi connectivity index (χ1v) is 8.58. The molecule has 23 heavy (non-hydrogen) atoms. The van der Waals surface area contributed by atoms with E-state index >= 15 is 0 Å². The standard InChI is InChI=1S/C17H23N3O2S/c1-13-5-2-3-6-14(13)18-17(23)20-10-8-19(9-11-20)16(21)15-7-4-12-22-15/h2-3,5-6,15H,4,7-12H2,1H3,(H,18,23). The lowest BCUT2D eigenvalue weighted by molar-refractivity contribution is -0.142. The summed E-state index contributed by atoms with van der Waals surface area (Å²) < 4.78 is 5.49. The van der Waals surface area contributed by atoms with Crippen LogP contribution in [0.5, 0.6) is 0 Å². The van der Waals surface area contributed by atoms with Crippen LogP contribution in [-0.2, 0) is 9.53 Å². The second kappa shape index (κ2) is 7.27. The van der Waals surface area contributed by atoms with Gasteiger partial charge in [0.1, 0.15) is 6.10 Å². The quantitative estimate of drug-likeness (QED) is 0.839. The van der Waals surface area contributed by atoms with E-state index in [1.54, 1.807) is 0 Å². The fraction of sp³-hybridized carbons (Fsp3) is 0.529. The smallest absolute Gasteiger partial charge is 0.251 e. The normalized spacial score (nSPS) is 21.3. The molecule has 6 heteroatoms. The summed E-state index contributed by atoms with van der Waals surface area (Å²) >= 11 is 5.51. The lowest BCUT2D eigenvalue weighted by Crippen LogP contribution is -2.53. The van der Waals surface area contributed by atoms with Crippen molar-refractivity contribution in [3.63, 3.8) is 0 Å². The van der Waals surface area contributed by atoms with Crippen LogP contribution in [0.3, 0.4) is 0 Å². The average molecular weight is 333 g/mol. The molecule has 2 heterocycles. The van der Waals surface area contributed by atoms with Gasteiger partial charge in [0, 0.05) is 38.5 Å². The molecular weight excluding hydrogens is 310 g/mol. The fourth-order valence-corrected chi connectivity index (χ4v) is 3.31. The summed E-state index contributed by atoms with van der Waals surface area (Å²) in [5.41, 5.74) is 2.21. The number of para-hydroxylation sites is 1. The minimum absolute atomic E-state index is 0.139. The molecule has 0 radical (unpaired) electrons. The third kappa shape index (κ3) is 3.82. The summed E-state index contributed by atoms with van der Waals surface area (Å²) in [6.07, 6.45) is 1.62. The van der Waals surface area contributed by atoms with Crippen LogP contribution < -0.4 is 5.32 Å². The minimum atomic E-state index is -0.224. The van der Waals surface area contributed by atoms with Crippen molar-refractivity contribution >= 4 is 28.9 Å². The third-order valence-corrected chi connectivity index (χ3v) is 4.83. The molecule has 1 aromatic carbocycles. The second-order valence-corrected chi connectivity index (χ2v) is 6.45. The van der Waals surface area contributed by atoms with Gasteiger partial charge in [-0.15, -0.1) is 0 Å². The van der Waals surface area contributed by atoms with E-state index in [0.29, 0.717) is 19.7 Å². The molecule has 1 N–H and O–H groups in total. The fourth-order valence-electron chi connectivity index (χ4n) is 3.01. The summed E-state index contributed by atoms with van der Waals surface area (Å²) in [6, 6.07) is 8.09. The number of thiocarbonyl (C=S) groups is 1. The Morgan fingerprint density at radius 3 is 2.57 bits per heavy atom. The number of carbonyl (C=O) groups is 1. The predicted octanol–water partition coefficient (Wildman–Crippen LogP) is 2.02. The maximum Gasteiger partial charge on any atom is 0.251 e. The van der Waals surface area contributed by atoms with Crippen molar-refractivity contribution in [3.8, 4) is 0 Å². The Labute approximate surface area is 142 Å². The van der Waals surface area contributed by atoms with Crippen LogP contribution in [0.2, 0.25) is 0 Å². The predicted molar refractivity (Wildman–Crippen MR) is 94.5 cm³/mol. The van der Waals surface area contributed by atoms with E-state index in [1.807, 2.05) is 23.1 Å². The first kappa shape index (κ1) is 16.2. The van der Waals surface area contributed by atoms with Crippen LogP contribution in [0, 0.1) is 6.92 Å². The molecule has 2 aliphatic heterocycles. The lowest BCUT2D eigenvalue weighted by Gasteiger charge is -2.37. The van der Waals surface area contributed by atoms with E-state index in [9.17, 15) is 4.79 Å². The van der Waals surface area contributed by atoms with Crippen molar-refractivity contribution in [2.45, 2.75) is 25.9 Å². The minimum Gasteiger partial charge on any atom is -0.368 e. The van der Waals surface area contributed by atoms with Gasteiger partial charge in [-0.2, -0.15) is 0 Å². The van der Waals surface area contributed by atoms with Crippen LogP contribution in [0.25, 0.3) is 0 Å². The number of nitrogens with one attached hydrogen (secondary N) is 1. The highest BCUT2D eigenvalue weighted by Crippen LogP contribution is 2.17. The lowest BCUT2D eigenvalue weighted by atomic mass is 10.2. The first-order chi connectivity index (χ1) is 11.1. The number of carbonyl (C=O) groups excluding carboxylic acids is 1. The summed E-state index contributed by atoms with van der Waals surface area (Å²) in [7, 11) is 0. The monoisotopic (exact) mass is 333 g/mol. The van der Waals surface area contributed by atoms with Gasteiger partial charge in [-0.3, -0.25) is 4.79 Å². The Hall–Kier alpha value is -1.66. The van der Waals surface area contributed by atoms with Gasteiger partial charge in [0.2, 0.25) is 0 Å². The molecule has 0 aliphatic carbocycles. The molecular formula is C17H23N3O2S. The number of hydrogen-bond donors (Lipinski definition) is 1. The van der Waals surface area contributed by atoms with E-state index in [4.69, 9.17) is 17.0 Å². The van der Waals surface area contributed by atoms with Gasteiger partial charge in [0.05, 0.1) is 0 Å². The van der Waals surface area contributed by atoms with Gasteiger partial charge in [-0.25, -0.2) is 0 Å². The van der Waals surface area contributed by atoms with E-state index in [-0.39, 0.29) is 12.0 Å². The van der Waals surface area contributed by atoms with Gasteiger partial charge in [-0.1, -0.05) is 18.2 Å². The van der Waals surface area contributed by atoms with Crippen molar-refractivity contribution in [1.82, 2.24) is 9.80 Å². The van der Waals surface area contributed by atoms with Crippen molar-refractivity contribution in [2.24, 2.45) is 0 Å². The van der Waals surface area contributed by atoms with Gasteiger partial charge < -0.3 is 19.9 Å². The number of amides is 1. The largest absolute Gasteiger partial charge is 0.368 e. The Morgan fingerprint density at radius 2 is 1.91 bits per heavy atom. The molecule has 1 atom stereocenters. The summed E-state index contributed by atoms with van der Waals surface area (Å²) in [5.74, 6) is 0.139. The zero-order valence-electron chi connectivity index (χ0n) is 13.5. The van der Waals surface area contributed by atoms with Gasteiger partial charge >= 0.3 is 0 Å². The molecule has 0 saturated carbocycles. The molecule has 0 bridgehead atoms. The number of anilines is 1. The maximum atomic E-state index is 12.3. The van der Waals surface area contributed by atoms with E-state index in [2.05, 4.69) is 23.2 Å². The zero-order valence-corrected chi connectivity index (χ0v) is 14.3. The van der Waals surface area contributed by atoms with E-state index < -0.39 is 0 Å². The molecule has 0 spiro atoms. The zero-order chi connectivity index (χ0) is 16.2. The maximum absolute atomic E-state index is 12.3. The van der Waals surface area contributed by atoms with Crippen molar-refractivity contribution < 1.29 is 9.53 Å². The molecule has 1 amide bonds. The number of aryl methyl sites for hydroxylation is 1. The van der Waals surface area contributed by atoms with Crippen LogP contribution in [0.4, 0.5) is 5.69 Å². The molecule has 2 aliphatic rings. The topological polar surface area (TPSA) is 44.8 Å². The van der Waals surface area contributed by atoms with Crippen LogP contribution in [0.15, 0.2) is 24.3 Å². The number of ether oxygens (including phenoxy) is 1. The molecule has 3 rings (SSSR count). The number of rotatable bonds is 2. The van der Waals surface area contributed by atoms with Crippen LogP contribution in [0.1, 0.15) is 18.4 Å². The Balaban J connectivity index is 1.51. The SMILES string of the molecule is Cc1ccccc1NC(=S)N1CCN(C(=O)C2CCCO2)CC1. The summed E-state index contributed by atoms with van der Waals surface area (Å²) in [6.45, 7) is 5.69. The van der Waals surface area contributed by atoms with E-state index in [1.165, 1.54) is 5.56 Å². The van der Waals surface area contributed by atoms with Crippen molar-refractivity contribution in [3.05, 3.63) is 29.8 Å². The number of piperazine rings is 1. The Morgan fingerprint density at radius 1 is 1.22 bits per heavy atom. The average Bonchev–Trinajstić information content (AvgIpc) is 3.11. The molecule has 1 unspecified atom stereocenters. The number of benzene rings is 1. The first-order valence-electron chi connectivity index (χ1n) is 8.17. The molecule has 0 aromatic heterocycles. The Bertz CT molecular complexity index is 579. The number of hydrogen-bond acceptors (Lipinski definition) is 3. The van der Waals surface area contributed by atoms with Crippen molar-refractivity contribution in [2.75, 3.05) is 38.1 Å². The Kier molecular flexibility index (Phi) is 5.13. The van der Waals surface area contributed by atoms with Crippen molar-refractivity contribution in [1.29, 1.82) is 0 Å². The molecule has 124 valence electrons. The molecule has 2 fully saturated rings.